The molecule has 6 heteroatoms. The molecule has 0 bridgehead atoms. The van der Waals surface area contributed by atoms with Gasteiger partial charge in [0.15, 0.2) is 0 Å². The van der Waals surface area contributed by atoms with Crippen LogP contribution in [0.2, 0.25) is 0 Å². The summed E-state index contributed by atoms with van der Waals surface area (Å²) in [6, 6.07) is 2.31. The smallest absolute Gasteiger partial charge is 0.273 e. The molecule has 0 amide bonds. The lowest BCUT2D eigenvalue weighted by molar-refractivity contribution is 0.205. The van der Waals surface area contributed by atoms with E-state index in [1.54, 1.807) is 6.20 Å². The van der Waals surface area contributed by atoms with Gasteiger partial charge in [-0.1, -0.05) is 0 Å². The maximum absolute atomic E-state index is 12.1. The summed E-state index contributed by atoms with van der Waals surface area (Å²) in [5.74, 6) is 0. The zero-order valence-electron chi connectivity index (χ0n) is 11.4. The Labute approximate surface area is 115 Å². The number of aromatic nitrogens is 4. The van der Waals surface area contributed by atoms with E-state index in [0.717, 1.165) is 42.5 Å². The topological polar surface area (TPSA) is 69.7 Å². The van der Waals surface area contributed by atoms with Crippen LogP contribution in [0.1, 0.15) is 18.9 Å². The van der Waals surface area contributed by atoms with E-state index < -0.39 is 0 Å². The maximum Gasteiger partial charge on any atom is 0.273 e. The number of hydrogen-bond acceptors (Lipinski definition) is 3. The highest BCUT2D eigenvalue weighted by Crippen LogP contribution is 2.27. The number of rotatable bonds is 1. The molecule has 1 saturated heterocycles. The van der Waals surface area contributed by atoms with Crippen molar-refractivity contribution >= 4 is 21.9 Å². The van der Waals surface area contributed by atoms with Gasteiger partial charge in [-0.2, -0.15) is 0 Å². The Morgan fingerprint density at radius 2 is 2.30 bits per heavy atom. The second-order valence-corrected chi connectivity index (χ2v) is 5.63. The quantitative estimate of drug-likeness (QED) is 0.704. The zero-order valence-corrected chi connectivity index (χ0v) is 11.4. The molecule has 6 nitrogen and oxygen atoms in total. The molecule has 4 heterocycles. The van der Waals surface area contributed by atoms with Crippen molar-refractivity contribution in [3.63, 3.8) is 0 Å². The molecule has 1 fully saturated rings. The Kier molecular flexibility index (Phi) is 2.47. The molecule has 0 spiro atoms. The van der Waals surface area contributed by atoms with Gasteiger partial charge in [-0.05, 0) is 32.5 Å². The van der Waals surface area contributed by atoms with Crippen LogP contribution in [-0.2, 0) is 0 Å². The van der Waals surface area contributed by atoms with E-state index in [1.165, 1.54) is 0 Å². The average molecular weight is 271 g/mol. The number of likely N-dealkylation sites (N-methyl/N-ethyl adjacent to an activating group) is 1. The molecule has 0 aromatic carbocycles. The number of likely N-dealkylation sites (tertiary alicyclic amines) is 1. The summed E-state index contributed by atoms with van der Waals surface area (Å²) in [5, 5.41) is 4.69. The molecule has 2 N–H and O–H groups in total. The predicted octanol–water partition coefficient (Wildman–Crippen LogP) is 1.47. The molecule has 1 atom stereocenters. The van der Waals surface area contributed by atoms with Crippen molar-refractivity contribution in [3.05, 3.63) is 28.8 Å². The summed E-state index contributed by atoms with van der Waals surface area (Å²) in [7, 11) is 2.13. The molecule has 104 valence electrons. The molecule has 0 aliphatic carbocycles. The summed E-state index contributed by atoms with van der Waals surface area (Å²) >= 11 is 0. The van der Waals surface area contributed by atoms with Gasteiger partial charge in [0.1, 0.15) is 5.65 Å². The van der Waals surface area contributed by atoms with Crippen LogP contribution in [0.25, 0.3) is 21.9 Å². The van der Waals surface area contributed by atoms with Crippen molar-refractivity contribution in [3.8, 4) is 0 Å². The second kappa shape index (κ2) is 4.21. The van der Waals surface area contributed by atoms with E-state index in [2.05, 4.69) is 27.0 Å². The third-order valence-corrected chi connectivity index (χ3v) is 4.23. The van der Waals surface area contributed by atoms with Crippen LogP contribution < -0.4 is 5.56 Å². The first-order chi connectivity index (χ1) is 9.74. The molecule has 4 rings (SSSR count). The Balaban J connectivity index is 1.98. The fourth-order valence-electron chi connectivity index (χ4n) is 3.27. The van der Waals surface area contributed by atoms with Gasteiger partial charge in [-0.15, -0.1) is 0 Å². The van der Waals surface area contributed by atoms with Gasteiger partial charge in [0, 0.05) is 24.3 Å². The van der Waals surface area contributed by atoms with Gasteiger partial charge in [-0.3, -0.25) is 14.6 Å². The van der Waals surface area contributed by atoms with E-state index in [4.69, 9.17) is 0 Å². The van der Waals surface area contributed by atoms with Crippen molar-refractivity contribution in [2.24, 2.45) is 0 Å². The Hall–Kier alpha value is -2.08. The molecule has 20 heavy (non-hydrogen) atoms. The molecule has 1 unspecified atom stereocenters. The van der Waals surface area contributed by atoms with Crippen LogP contribution in [0.3, 0.4) is 0 Å². The van der Waals surface area contributed by atoms with Crippen LogP contribution in [-0.4, -0.2) is 44.8 Å². The van der Waals surface area contributed by atoms with Crippen LogP contribution in [0, 0.1) is 0 Å². The van der Waals surface area contributed by atoms with Crippen molar-refractivity contribution in [1.82, 2.24) is 24.6 Å². The Morgan fingerprint density at radius 3 is 3.15 bits per heavy atom. The third-order valence-electron chi connectivity index (χ3n) is 4.23. The number of H-pyrrole nitrogens is 2. The first-order valence-electron chi connectivity index (χ1n) is 6.99. The Bertz CT molecular complexity index is 827. The van der Waals surface area contributed by atoms with E-state index in [0.29, 0.717) is 11.4 Å². The van der Waals surface area contributed by atoms with Crippen molar-refractivity contribution < 1.29 is 0 Å². The van der Waals surface area contributed by atoms with Gasteiger partial charge in [0.2, 0.25) is 0 Å². The van der Waals surface area contributed by atoms with Gasteiger partial charge < -0.3 is 9.88 Å². The molecule has 3 aromatic rings. The molecule has 0 saturated carbocycles. The van der Waals surface area contributed by atoms with Crippen LogP contribution in [0.15, 0.2) is 23.3 Å². The number of piperidine rings is 1. The van der Waals surface area contributed by atoms with Crippen molar-refractivity contribution in [1.29, 1.82) is 0 Å². The van der Waals surface area contributed by atoms with Gasteiger partial charge in [0.25, 0.3) is 5.56 Å². The molecule has 0 radical (unpaired) electrons. The first-order valence-corrected chi connectivity index (χ1v) is 6.99. The van der Waals surface area contributed by atoms with Crippen LogP contribution in [0.5, 0.6) is 0 Å². The highest BCUT2D eigenvalue weighted by Gasteiger charge is 2.22. The van der Waals surface area contributed by atoms with Gasteiger partial charge >= 0.3 is 0 Å². The normalized spacial score (nSPS) is 20.9. The van der Waals surface area contributed by atoms with Crippen molar-refractivity contribution in [2.45, 2.75) is 18.9 Å². The first kappa shape index (κ1) is 11.7. The maximum atomic E-state index is 12.1. The summed E-state index contributed by atoms with van der Waals surface area (Å²) < 4.78 is 2.05. The van der Waals surface area contributed by atoms with E-state index in [-0.39, 0.29) is 5.56 Å². The molecular formula is C14H17N5O. The molecular weight excluding hydrogens is 254 g/mol. The lowest BCUT2D eigenvalue weighted by Gasteiger charge is -2.30. The number of nitrogens with one attached hydrogen (secondary N) is 2. The number of nitrogens with zero attached hydrogens (tertiary/aromatic N) is 3. The summed E-state index contributed by atoms with van der Waals surface area (Å²) in [6.07, 6.45) is 5.78. The minimum absolute atomic E-state index is 0.0520. The standard InChI is InChI=1S/C14H17N5O/c1-18-6-2-3-9(8-18)19-12-10-4-5-15-13(10)16-7-11(12)14(20)17-19/h4-5,7,9H,2-3,6,8H2,1H3,(H,15,16)(H,17,20). The molecule has 3 aromatic heterocycles. The molecule has 1 aliphatic heterocycles. The third kappa shape index (κ3) is 1.61. The van der Waals surface area contributed by atoms with Crippen LogP contribution in [0.4, 0.5) is 0 Å². The molecule has 1 aliphatic rings. The largest absolute Gasteiger partial charge is 0.346 e. The van der Waals surface area contributed by atoms with Gasteiger partial charge in [-0.25, -0.2) is 4.98 Å². The van der Waals surface area contributed by atoms with Crippen molar-refractivity contribution in [2.75, 3.05) is 20.1 Å². The lowest BCUT2D eigenvalue weighted by Crippen LogP contribution is -2.34. The van der Waals surface area contributed by atoms with E-state index in [9.17, 15) is 4.79 Å². The van der Waals surface area contributed by atoms with Gasteiger partial charge in [0.05, 0.1) is 16.9 Å². The van der Waals surface area contributed by atoms with Crippen LogP contribution >= 0.6 is 0 Å². The lowest BCUT2D eigenvalue weighted by atomic mass is 10.1. The summed E-state index contributed by atoms with van der Waals surface area (Å²) in [5.41, 5.74) is 1.75. The fraction of sp³-hybridized carbons (Fsp3) is 0.429. The van der Waals surface area contributed by atoms with E-state index in [1.807, 2.05) is 16.9 Å². The minimum Gasteiger partial charge on any atom is -0.346 e. The number of aromatic amines is 2. The number of hydrogen-bond donors (Lipinski definition) is 2. The van der Waals surface area contributed by atoms with E-state index >= 15 is 0 Å². The number of fused-ring (bicyclic) bond motifs is 3. The highest BCUT2D eigenvalue weighted by atomic mass is 16.1. The average Bonchev–Trinajstić information content (AvgIpc) is 3.03. The monoisotopic (exact) mass is 271 g/mol. The minimum atomic E-state index is -0.0520. The highest BCUT2D eigenvalue weighted by molar-refractivity contribution is 6.02. The summed E-state index contributed by atoms with van der Waals surface area (Å²) in [6.45, 7) is 2.09. The Morgan fingerprint density at radius 1 is 1.40 bits per heavy atom. The second-order valence-electron chi connectivity index (χ2n) is 5.63. The predicted molar refractivity (Wildman–Crippen MR) is 78.0 cm³/mol. The number of pyridine rings is 1. The summed E-state index contributed by atoms with van der Waals surface area (Å²) in [4.78, 5) is 21.9. The zero-order chi connectivity index (χ0) is 13.7. The SMILES string of the molecule is CN1CCCC(n2[nH]c(=O)c3cnc4[nH]ccc4c32)C1. The fourth-order valence-corrected chi connectivity index (χ4v) is 3.27.